The van der Waals surface area contributed by atoms with E-state index in [9.17, 15) is 4.79 Å². The van der Waals surface area contributed by atoms with E-state index < -0.39 is 5.72 Å². The number of para-hydroxylation sites is 1. The van der Waals surface area contributed by atoms with E-state index in [-0.39, 0.29) is 18.0 Å². The second kappa shape index (κ2) is 6.98. The Morgan fingerprint density at radius 2 is 1.85 bits per heavy atom. The molecule has 0 amide bonds. The van der Waals surface area contributed by atoms with Gasteiger partial charge in [-0.25, -0.2) is 4.79 Å². The minimum absolute atomic E-state index is 0.0345. The van der Waals surface area contributed by atoms with Crippen molar-refractivity contribution in [3.8, 4) is 5.75 Å². The van der Waals surface area contributed by atoms with Crippen molar-refractivity contribution in [2.75, 3.05) is 0 Å². The van der Waals surface area contributed by atoms with Crippen molar-refractivity contribution >= 4 is 5.97 Å². The van der Waals surface area contributed by atoms with Gasteiger partial charge in [0.1, 0.15) is 11.9 Å². The first-order valence-electron chi connectivity index (χ1n) is 10.0. The van der Waals surface area contributed by atoms with Gasteiger partial charge < -0.3 is 14.8 Å². The number of carbonyl (C=O) groups excluding carboxylic acids is 1. The highest BCUT2D eigenvalue weighted by Gasteiger charge is 2.45. The van der Waals surface area contributed by atoms with Gasteiger partial charge in [-0.05, 0) is 45.6 Å². The lowest BCUT2D eigenvalue weighted by molar-refractivity contribution is -0.146. The van der Waals surface area contributed by atoms with E-state index in [2.05, 4.69) is 18.3 Å². The average Bonchev–Trinajstić information content (AvgIpc) is 2.56. The predicted octanol–water partition coefficient (Wildman–Crippen LogP) is 4.80. The van der Waals surface area contributed by atoms with E-state index in [0.29, 0.717) is 0 Å². The second-order valence-electron chi connectivity index (χ2n) is 8.16. The van der Waals surface area contributed by atoms with Crippen LogP contribution in [0.25, 0.3) is 0 Å². The number of benzene rings is 1. The molecule has 140 valence electrons. The van der Waals surface area contributed by atoms with Crippen molar-refractivity contribution < 1.29 is 14.3 Å². The number of rotatable bonds is 2. The maximum Gasteiger partial charge on any atom is 0.336 e. The third kappa shape index (κ3) is 3.34. The van der Waals surface area contributed by atoms with Gasteiger partial charge in [0.15, 0.2) is 5.72 Å². The SMILES string of the molecule is CC1=C(C(=O)OC2CCCCCCC2)C2CC(C)(N1)Oc1ccccc12. The zero-order valence-electron chi connectivity index (χ0n) is 15.8. The molecule has 1 aromatic rings. The molecule has 2 aliphatic heterocycles. The normalized spacial score (nSPS) is 28.9. The Morgan fingerprint density at radius 3 is 2.62 bits per heavy atom. The molecule has 0 spiro atoms. The van der Waals surface area contributed by atoms with Gasteiger partial charge in [-0.1, -0.05) is 37.5 Å². The molecule has 4 rings (SSSR count). The average molecular weight is 355 g/mol. The Balaban J connectivity index is 1.59. The summed E-state index contributed by atoms with van der Waals surface area (Å²) in [5.41, 5.74) is 2.29. The van der Waals surface area contributed by atoms with E-state index >= 15 is 0 Å². The highest BCUT2D eigenvalue weighted by atomic mass is 16.5. The van der Waals surface area contributed by atoms with Crippen molar-refractivity contribution in [3.05, 3.63) is 41.1 Å². The highest BCUT2D eigenvalue weighted by Crippen LogP contribution is 2.47. The molecule has 2 unspecified atom stereocenters. The Morgan fingerprint density at radius 1 is 1.15 bits per heavy atom. The van der Waals surface area contributed by atoms with Crippen LogP contribution in [0.2, 0.25) is 0 Å². The Hall–Kier alpha value is -1.97. The molecule has 4 heteroatoms. The summed E-state index contributed by atoms with van der Waals surface area (Å²) in [5.74, 6) is 0.749. The van der Waals surface area contributed by atoms with Gasteiger partial charge in [-0.2, -0.15) is 0 Å². The van der Waals surface area contributed by atoms with Gasteiger partial charge in [0, 0.05) is 23.6 Å². The summed E-state index contributed by atoms with van der Waals surface area (Å²) >= 11 is 0. The number of ether oxygens (including phenoxy) is 2. The van der Waals surface area contributed by atoms with Gasteiger partial charge in [0.25, 0.3) is 0 Å². The van der Waals surface area contributed by atoms with Crippen LogP contribution in [0.1, 0.15) is 76.7 Å². The summed E-state index contributed by atoms with van der Waals surface area (Å²) in [4.78, 5) is 13.1. The Labute approximate surface area is 156 Å². The molecular formula is C22H29NO3. The van der Waals surface area contributed by atoms with Gasteiger partial charge in [0.05, 0.1) is 5.57 Å². The molecule has 1 saturated carbocycles. The molecular weight excluding hydrogens is 326 g/mol. The molecule has 26 heavy (non-hydrogen) atoms. The Kier molecular flexibility index (Phi) is 4.68. The number of hydrogen-bond acceptors (Lipinski definition) is 4. The van der Waals surface area contributed by atoms with Crippen LogP contribution in [-0.2, 0) is 9.53 Å². The van der Waals surface area contributed by atoms with Crippen molar-refractivity contribution in [1.29, 1.82) is 0 Å². The quantitative estimate of drug-likeness (QED) is 0.774. The molecule has 4 nitrogen and oxygen atoms in total. The van der Waals surface area contributed by atoms with Crippen LogP contribution >= 0.6 is 0 Å². The second-order valence-corrected chi connectivity index (χ2v) is 8.16. The maximum absolute atomic E-state index is 13.1. The van der Waals surface area contributed by atoms with Gasteiger partial charge in [-0.15, -0.1) is 0 Å². The fourth-order valence-electron chi connectivity index (χ4n) is 4.75. The highest BCUT2D eigenvalue weighted by molar-refractivity contribution is 5.92. The molecule has 2 atom stereocenters. The van der Waals surface area contributed by atoms with Crippen LogP contribution in [-0.4, -0.2) is 17.8 Å². The van der Waals surface area contributed by atoms with Crippen LogP contribution in [0.4, 0.5) is 0 Å². The van der Waals surface area contributed by atoms with Crippen LogP contribution in [0.15, 0.2) is 35.5 Å². The topological polar surface area (TPSA) is 47.6 Å². The number of carbonyl (C=O) groups is 1. The first-order chi connectivity index (χ1) is 12.6. The molecule has 1 N–H and O–H groups in total. The van der Waals surface area contributed by atoms with Crippen molar-refractivity contribution in [2.24, 2.45) is 0 Å². The zero-order chi connectivity index (χ0) is 18.1. The first-order valence-corrected chi connectivity index (χ1v) is 10.0. The van der Waals surface area contributed by atoms with Crippen LogP contribution in [0.3, 0.4) is 0 Å². The molecule has 1 aromatic carbocycles. The van der Waals surface area contributed by atoms with E-state index in [0.717, 1.165) is 54.7 Å². The van der Waals surface area contributed by atoms with E-state index in [1.54, 1.807) is 0 Å². The molecule has 3 aliphatic rings. The first kappa shape index (κ1) is 17.4. The molecule has 2 bridgehead atoms. The number of nitrogens with one attached hydrogen (secondary N) is 1. The fourth-order valence-corrected chi connectivity index (χ4v) is 4.75. The summed E-state index contributed by atoms with van der Waals surface area (Å²) < 4.78 is 12.2. The molecule has 2 heterocycles. The Bertz CT molecular complexity index is 718. The van der Waals surface area contributed by atoms with E-state index in [1.165, 1.54) is 19.3 Å². The maximum atomic E-state index is 13.1. The van der Waals surface area contributed by atoms with E-state index in [1.807, 2.05) is 25.1 Å². The summed E-state index contributed by atoms with van der Waals surface area (Å²) in [5, 5.41) is 3.41. The summed E-state index contributed by atoms with van der Waals surface area (Å²) in [6.07, 6.45) is 8.93. The largest absolute Gasteiger partial charge is 0.468 e. The smallest absolute Gasteiger partial charge is 0.336 e. The predicted molar refractivity (Wildman–Crippen MR) is 101 cm³/mol. The molecule has 0 aromatic heterocycles. The lowest BCUT2D eigenvalue weighted by Gasteiger charge is -2.45. The lowest BCUT2D eigenvalue weighted by atomic mass is 9.78. The van der Waals surface area contributed by atoms with E-state index in [4.69, 9.17) is 9.47 Å². The van der Waals surface area contributed by atoms with Gasteiger partial charge in [0.2, 0.25) is 0 Å². The monoisotopic (exact) mass is 355 g/mol. The molecule has 1 aliphatic carbocycles. The number of hydrogen-bond donors (Lipinski definition) is 1. The van der Waals surface area contributed by atoms with Crippen molar-refractivity contribution in [2.45, 2.75) is 83.0 Å². The lowest BCUT2D eigenvalue weighted by Crippen LogP contribution is -2.54. The number of esters is 1. The van der Waals surface area contributed by atoms with Crippen LogP contribution in [0, 0.1) is 0 Å². The van der Waals surface area contributed by atoms with Gasteiger partial charge in [-0.3, -0.25) is 0 Å². The molecule has 0 radical (unpaired) electrons. The third-order valence-electron chi connectivity index (χ3n) is 5.97. The fraction of sp³-hybridized carbons (Fsp3) is 0.591. The molecule has 1 fully saturated rings. The molecule has 0 saturated heterocycles. The zero-order valence-corrected chi connectivity index (χ0v) is 15.8. The summed E-state index contributed by atoms with van der Waals surface area (Å²) in [7, 11) is 0. The summed E-state index contributed by atoms with van der Waals surface area (Å²) in [6.45, 7) is 4.02. The van der Waals surface area contributed by atoms with Crippen LogP contribution in [0.5, 0.6) is 5.75 Å². The minimum Gasteiger partial charge on any atom is -0.468 e. The van der Waals surface area contributed by atoms with Gasteiger partial charge >= 0.3 is 5.97 Å². The number of allylic oxidation sites excluding steroid dienone is 1. The number of fused-ring (bicyclic) bond motifs is 4. The van der Waals surface area contributed by atoms with Crippen LogP contribution < -0.4 is 10.1 Å². The van der Waals surface area contributed by atoms with Crippen molar-refractivity contribution in [3.63, 3.8) is 0 Å². The van der Waals surface area contributed by atoms with Crippen molar-refractivity contribution in [1.82, 2.24) is 5.32 Å². The summed E-state index contributed by atoms with van der Waals surface area (Å²) in [6, 6.07) is 8.05. The standard InChI is InChI=1S/C22H29NO3/c1-15-20(21(24)25-16-10-6-4-3-5-7-11-16)18-14-22(2,23-15)26-19-13-9-8-12-17(18)19/h8-9,12-13,16,18,23H,3-7,10-11,14H2,1-2H3. The minimum atomic E-state index is -0.465. The third-order valence-corrected chi connectivity index (χ3v) is 5.97.